The number of aromatic nitrogens is 5. The van der Waals surface area contributed by atoms with Crippen molar-refractivity contribution in [2.24, 2.45) is 0 Å². The van der Waals surface area contributed by atoms with E-state index < -0.39 is 12.7 Å². The second-order valence-electron chi connectivity index (χ2n) is 8.04. The summed E-state index contributed by atoms with van der Waals surface area (Å²) in [4.78, 5) is 14.7. The first kappa shape index (κ1) is 20.6. The van der Waals surface area contributed by atoms with Crippen molar-refractivity contribution in [1.29, 1.82) is 0 Å². The Bertz CT molecular complexity index is 1240. The van der Waals surface area contributed by atoms with Gasteiger partial charge in [-0.05, 0) is 37.1 Å². The van der Waals surface area contributed by atoms with Crippen LogP contribution in [0.4, 0.5) is 13.2 Å². The van der Waals surface area contributed by atoms with Crippen molar-refractivity contribution in [3.05, 3.63) is 48.7 Å². The fraction of sp³-hybridized carbons (Fsp3) is 0.364. The number of nitrogens with zero attached hydrogens (tertiary/aromatic N) is 6. The predicted octanol–water partition coefficient (Wildman–Crippen LogP) is 4.66. The summed E-state index contributed by atoms with van der Waals surface area (Å²) in [5.41, 5.74) is 3.15. The first-order valence-electron chi connectivity index (χ1n) is 10.4. The van der Waals surface area contributed by atoms with E-state index in [9.17, 15) is 13.2 Å². The van der Waals surface area contributed by atoms with Crippen molar-refractivity contribution in [3.63, 3.8) is 0 Å². The molecule has 4 aromatic rings. The third-order valence-corrected chi connectivity index (χ3v) is 5.77. The fourth-order valence-corrected chi connectivity index (χ4v) is 4.24. The lowest BCUT2D eigenvalue weighted by Crippen LogP contribution is -2.40. The molecule has 1 saturated heterocycles. The van der Waals surface area contributed by atoms with Crippen LogP contribution in [0, 0.1) is 6.92 Å². The molecule has 1 aliphatic heterocycles. The highest BCUT2D eigenvalue weighted by molar-refractivity contribution is 5.83. The molecule has 10 heteroatoms. The van der Waals surface area contributed by atoms with Crippen LogP contribution in [0.5, 0.6) is 0 Å². The van der Waals surface area contributed by atoms with Crippen molar-refractivity contribution in [3.8, 4) is 22.8 Å². The van der Waals surface area contributed by atoms with Crippen LogP contribution in [0.25, 0.3) is 33.7 Å². The standard InChI is InChI=1S/C22H21F3N6O/c1-14-28-21(29-32-14)15-2-6-26-18(10-15)19-11-20-16(12-27-19)3-9-31(20)17-4-7-30(8-5-17)13-22(23,24)25/h2-3,6,9-12,17H,4-5,7-8,13H2,1H3. The molecule has 5 heterocycles. The first-order valence-corrected chi connectivity index (χ1v) is 10.4. The van der Waals surface area contributed by atoms with Crippen molar-refractivity contribution in [2.45, 2.75) is 32.0 Å². The van der Waals surface area contributed by atoms with Gasteiger partial charge in [0.05, 0.1) is 23.4 Å². The predicted molar refractivity (Wildman–Crippen MR) is 112 cm³/mol. The number of hydrogen-bond donors (Lipinski definition) is 0. The highest BCUT2D eigenvalue weighted by Crippen LogP contribution is 2.31. The smallest absolute Gasteiger partial charge is 0.344 e. The summed E-state index contributed by atoms with van der Waals surface area (Å²) in [6.07, 6.45) is 2.65. The molecule has 0 spiro atoms. The normalized spacial score (nSPS) is 16.1. The minimum absolute atomic E-state index is 0.147. The summed E-state index contributed by atoms with van der Waals surface area (Å²) in [5, 5.41) is 4.94. The maximum Gasteiger partial charge on any atom is 0.401 e. The van der Waals surface area contributed by atoms with Gasteiger partial charge in [-0.1, -0.05) is 5.16 Å². The molecule has 0 N–H and O–H groups in total. The van der Waals surface area contributed by atoms with E-state index in [2.05, 4.69) is 24.7 Å². The first-order chi connectivity index (χ1) is 15.4. The molecule has 1 fully saturated rings. The maximum atomic E-state index is 12.7. The van der Waals surface area contributed by atoms with E-state index in [0.717, 1.165) is 16.5 Å². The van der Waals surface area contributed by atoms with E-state index in [1.165, 1.54) is 4.90 Å². The topological polar surface area (TPSA) is 72.9 Å². The minimum Gasteiger partial charge on any atom is -0.344 e. The molecule has 1 aliphatic rings. The van der Waals surface area contributed by atoms with Crippen molar-refractivity contribution < 1.29 is 17.7 Å². The molecule has 0 aliphatic carbocycles. The number of fused-ring (bicyclic) bond motifs is 1. The summed E-state index contributed by atoms with van der Waals surface area (Å²) in [5.74, 6) is 0.971. The minimum atomic E-state index is -4.16. The molecule has 7 nitrogen and oxygen atoms in total. The van der Waals surface area contributed by atoms with Crippen molar-refractivity contribution in [2.75, 3.05) is 19.6 Å². The van der Waals surface area contributed by atoms with E-state index in [0.29, 0.717) is 49.0 Å². The third-order valence-electron chi connectivity index (χ3n) is 5.77. The van der Waals surface area contributed by atoms with E-state index in [4.69, 9.17) is 4.52 Å². The Morgan fingerprint density at radius 1 is 1.09 bits per heavy atom. The molecule has 166 valence electrons. The number of halogens is 3. The summed E-state index contributed by atoms with van der Waals surface area (Å²) in [6, 6.07) is 7.78. The van der Waals surface area contributed by atoms with Crippen molar-refractivity contribution in [1.82, 2.24) is 29.6 Å². The average molecular weight is 442 g/mol. The van der Waals surface area contributed by atoms with Gasteiger partial charge in [-0.15, -0.1) is 0 Å². The molecule has 0 atom stereocenters. The van der Waals surface area contributed by atoms with Gasteiger partial charge < -0.3 is 9.09 Å². The van der Waals surface area contributed by atoms with Crippen LogP contribution in [0.15, 0.2) is 47.4 Å². The van der Waals surface area contributed by atoms with Crippen LogP contribution in [-0.2, 0) is 0 Å². The maximum absolute atomic E-state index is 12.7. The monoisotopic (exact) mass is 442 g/mol. The van der Waals surface area contributed by atoms with E-state index in [1.807, 2.05) is 30.5 Å². The summed E-state index contributed by atoms with van der Waals surface area (Å²) in [6.45, 7) is 1.74. The second kappa shape index (κ2) is 8.01. The Morgan fingerprint density at radius 3 is 2.59 bits per heavy atom. The fourth-order valence-electron chi connectivity index (χ4n) is 4.24. The summed E-state index contributed by atoms with van der Waals surface area (Å²) < 4.78 is 45.3. The number of hydrogen-bond acceptors (Lipinski definition) is 6. The molecule has 0 aromatic carbocycles. The number of alkyl halides is 3. The molecule has 4 aromatic heterocycles. The Labute approximate surface area is 181 Å². The van der Waals surface area contributed by atoms with Gasteiger partial charge in [0, 0.05) is 55.6 Å². The molecule has 0 unspecified atom stereocenters. The number of aryl methyl sites for hydroxylation is 1. The number of piperidine rings is 1. The second-order valence-corrected chi connectivity index (χ2v) is 8.04. The van der Waals surface area contributed by atoms with Gasteiger partial charge in [0.25, 0.3) is 0 Å². The SMILES string of the molecule is Cc1nc(-c2ccnc(-c3cc4c(ccn4C4CCN(CC(F)(F)F)CC4)cn3)c2)no1. The number of likely N-dealkylation sites (tertiary alicyclic amines) is 1. The molecule has 5 rings (SSSR count). The van der Waals surface area contributed by atoms with E-state index in [1.54, 1.807) is 19.3 Å². The van der Waals surface area contributed by atoms with Crippen LogP contribution in [0.3, 0.4) is 0 Å². The quantitative estimate of drug-likeness (QED) is 0.458. The zero-order valence-electron chi connectivity index (χ0n) is 17.4. The van der Waals surface area contributed by atoms with Gasteiger partial charge >= 0.3 is 6.18 Å². The number of pyridine rings is 2. The lowest BCUT2D eigenvalue weighted by molar-refractivity contribution is -0.148. The lowest BCUT2D eigenvalue weighted by Gasteiger charge is -2.33. The Kier molecular flexibility index (Phi) is 5.16. The molecular formula is C22H21F3N6O. The van der Waals surface area contributed by atoms with Crippen LogP contribution >= 0.6 is 0 Å². The summed E-state index contributed by atoms with van der Waals surface area (Å²) >= 11 is 0. The van der Waals surface area contributed by atoms with Crippen LogP contribution in [0.1, 0.15) is 24.8 Å². The third kappa shape index (κ3) is 4.22. The van der Waals surface area contributed by atoms with Crippen LogP contribution in [0.2, 0.25) is 0 Å². The van der Waals surface area contributed by atoms with E-state index in [-0.39, 0.29) is 6.04 Å². The highest BCUT2D eigenvalue weighted by atomic mass is 19.4. The largest absolute Gasteiger partial charge is 0.401 e. The molecule has 0 radical (unpaired) electrons. The van der Waals surface area contributed by atoms with Crippen LogP contribution in [-0.4, -0.2) is 55.4 Å². The molecule has 0 amide bonds. The Balaban J connectivity index is 1.40. The lowest BCUT2D eigenvalue weighted by atomic mass is 10.0. The Hall–Kier alpha value is -3.27. The molecule has 0 bridgehead atoms. The van der Waals surface area contributed by atoms with Gasteiger partial charge in [-0.2, -0.15) is 18.2 Å². The molecule has 0 saturated carbocycles. The van der Waals surface area contributed by atoms with Gasteiger partial charge in [-0.3, -0.25) is 14.9 Å². The molecule has 32 heavy (non-hydrogen) atoms. The average Bonchev–Trinajstić information content (AvgIpc) is 3.39. The molecular weight excluding hydrogens is 421 g/mol. The van der Waals surface area contributed by atoms with Gasteiger partial charge in [0.2, 0.25) is 11.7 Å². The zero-order valence-corrected chi connectivity index (χ0v) is 17.4. The number of rotatable bonds is 4. The van der Waals surface area contributed by atoms with Gasteiger partial charge in [-0.25, -0.2) is 0 Å². The van der Waals surface area contributed by atoms with Gasteiger partial charge in [0.15, 0.2) is 0 Å². The highest BCUT2D eigenvalue weighted by Gasteiger charge is 2.33. The van der Waals surface area contributed by atoms with Crippen LogP contribution < -0.4 is 0 Å². The van der Waals surface area contributed by atoms with Gasteiger partial charge in [0.1, 0.15) is 0 Å². The Morgan fingerprint density at radius 2 is 1.88 bits per heavy atom. The zero-order chi connectivity index (χ0) is 22.3. The van der Waals surface area contributed by atoms with E-state index >= 15 is 0 Å². The van der Waals surface area contributed by atoms with Crippen molar-refractivity contribution >= 4 is 10.9 Å². The summed E-state index contributed by atoms with van der Waals surface area (Å²) in [7, 11) is 0.